The Morgan fingerprint density at radius 2 is 1.30 bits per heavy atom. The summed E-state index contributed by atoms with van der Waals surface area (Å²) in [6.45, 7) is 4.33. The van der Waals surface area contributed by atoms with Crippen molar-refractivity contribution < 1.29 is 14.6 Å². The number of thiophene rings is 2. The third-order valence-corrected chi connectivity index (χ3v) is 11.7. The molecule has 3 aliphatic rings. The molecule has 6 aromatic rings. The molecule has 0 bridgehead atoms. The highest BCUT2D eigenvalue weighted by molar-refractivity contribution is 7.17. The summed E-state index contributed by atoms with van der Waals surface area (Å²) in [6.07, 6.45) is 5.20. The monoisotopic (exact) mass is 666 g/mol. The Bertz CT molecular complexity index is 2000. The first kappa shape index (κ1) is 30.3. The SMILES string of the molecule is OCC1C2CN(c3ncnc4scc(-c5ccccc5)c34)CC12.OCC1CCN(c2ncnc3scc(-c4cccc(F)c4)c23)CC1. The summed E-state index contributed by atoms with van der Waals surface area (Å²) in [5, 5.41) is 25.1. The van der Waals surface area contributed by atoms with Crippen LogP contribution >= 0.6 is 22.7 Å². The lowest BCUT2D eigenvalue weighted by Gasteiger charge is -2.32. The van der Waals surface area contributed by atoms with Gasteiger partial charge in [-0.15, -0.1) is 22.7 Å². The van der Waals surface area contributed by atoms with Gasteiger partial charge >= 0.3 is 0 Å². The number of benzene rings is 2. The van der Waals surface area contributed by atoms with Gasteiger partial charge in [-0.1, -0.05) is 42.5 Å². The van der Waals surface area contributed by atoms with Crippen LogP contribution in [0.15, 0.2) is 78.0 Å². The predicted molar refractivity (Wildman–Crippen MR) is 187 cm³/mol. The van der Waals surface area contributed by atoms with Crippen LogP contribution in [0.4, 0.5) is 16.0 Å². The number of aromatic nitrogens is 4. The van der Waals surface area contributed by atoms with E-state index in [0.29, 0.717) is 30.3 Å². The molecular formula is C36H35FN6O2S2. The van der Waals surface area contributed by atoms with Crippen molar-refractivity contribution >= 4 is 54.7 Å². The van der Waals surface area contributed by atoms with E-state index in [0.717, 1.165) is 76.8 Å². The number of aliphatic hydroxyl groups is 2. The van der Waals surface area contributed by atoms with Crippen molar-refractivity contribution in [3.63, 3.8) is 0 Å². The fourth-order valence-electron chi connectivity index (χ4n) is 7.32. The van der Waals surface area contributed by atoms with Crippen LogP contribution in [-0.4, -0.2) is 69.5 Å². The summed E-state index contributed by atoms with van der Waals surface area (Å²) in [4.78, 5) is 24.6. The molecule has 6 heterocycles. The number of piperidine rings is 2. The number of nitrogens with zero attached hydrogens (tertiary/aromatic N) is 6. The van der Waals surface area contributed by atoms with Crippen molar-refractivity contribution in [1.29, 1.82) is 0 Å². The lowest BCUT2D eigenvalue weighted by atomic mass is 9.97. The number of aliphatic hydroxyl groups excluding tert-OH is 2. The minimum Gasteiger partial charge on any atom is -0.396 e. The molecule has 2 aliphatic heterocycles. The van der Waals surface area contributed by atoms with Crippen LogP contribution in [0.3, 0.4) is 0 Å². The quantitative estimate of drug-likeness (QED) is 0.202. The molecule has 47 heavy (non-hydrogen) atoms. The van der Waals surface area contributed by atoms with Crippen LogP contribution < -0.4 is 9.80 Å². The standard InChI is InChI=1S/C18H18FN3OS.C18H17N3OS/c19-14-3-1-2-13(8-14)15-10-24-18-16(15)17(20-11-21-18)22-6-4-12(9-23)5-7-22;22-8-14-12-6-21(7-13(12)14)17-16-15(11-4-2-1-3-5-11)9-23-18(16)20-10-19-17/h1-3,8,10-12,23H,4-7,9H2;1-5,9-10,12-14,22H,6-8H2. The van der Waals surface area contributed by atoms with Crippen LogP contribution in [0.1, 0.15) is 12.8 Å². The fraction of sp³-hybridized carbons (Fsp3) is 0.333. The first-order valence-corrected chi connectivity index (χ1v) is 17.9. The molecule has 0 amide bonds. The smallest absolute Gasteiger partial charge is 0.141 e. The van der Waals surface area contributed by atoms with Gasteiger partial charge in [0.15, 0.2) is 0 Å². The molecule has 1 saturated carbocycles. The Morgan fingerprint density at radius 3 is 1.89 bits per heavy atom. The molecule has 8 nitrogen and oxygen atoms in total. The van der Waals surface area contributed by atoms with Crippen molar-refractivity contribution in [3.8, 4) is 22.3 Å². The maximum Gasteiger partial charge on any atom is 0.141 e. The Labute approximate surface area is 280 Å². The highest BCUT2D eigenvalue weighted by Crippen LogP contribution is 2.53. The first-order chi connectivity index (χ1) is 23.1. The number of hydrogen-bond acceptors (Lipinski definition) is 10. The largest absolute Gasteiger partial charge is 0.396 e. The van der Waals surface area contributed by atoms with Crippen molar-refractivity contribution in [2.24, 2.45) is 23.7 Å². The predicted octanol–water partition coefficient (Wildman–Crippen LogP) is 6.74. The number of halogens is 1. The summed E-state index contributed by atoms with van der Waals surface area (Å²) in [6, 6.07) is 17.1. The zero-order valence-corrected chi connectivity index (χ0v) is 27.4. The normalized spacial score (nSPS) is 20.8. The van der Waals surface area contributed by atoms with E-state index in [9.17, 15) is 14.6 Å². The second-order valence-corrected chi connectivity index (χ2v) is 14.3. The molecule has 0 radical (unpaired) electrons. The summed E-state index contributed by atoms with van der Waals surface area (Å²) in [5.74, 6) is 3.90. The van der Waals surface area contributed by atoms with Crippen molar-refractivity contribution in [2.75, 3.05) is 49.2 Å². The first-order valence-electron chi connectivity index (χ1n) is 16.1. The lowest BCUT2D eigenvalue weighted by Crippen LogP contribution is -2.35. The van der Waals surface area contributed by atoms with Gasteiger partial charge in [-0.3, -0.25) is 0 Å². The van der Waals surface area contributed by atoms with Gasteiger partial charge in [0.1, 0.15) is 39.8 Å². The van der Waals surface area contributed by atoms with Gasteiger partial charge in [-0.2, -0.15) is 0 Å². The van der Waals surface area contributed by atoms with E-state index in [-0.39, 0.29) is 12.4 Å². The Morgan fingerprint density at radius 1 is 0.702 bits per heavy atom. The minimum absolute atomic E-state index is 0.242. The van der Waals surface area contributed by atoms with Crippen LogP contribution in [0.25, 0.3) is 42.7 Å². The Hall–Kier alpha value is -4.03. The molecular weight excluding hydrogens is 632 g/mol. The van der Waals surface area contributed by atoms with Gasteiger partial charge < -0.3 is 20.0 Å². The van der Waals surface area contributed by atoms with Crippen molar-refractivity contribution in [3.05, 3.63) is 83.8 Å². The molecule has 2 saturated heterocycles. The van der Waals surface area contributed by atoms with Gasteiger partial charge in [-0.05, 0) is 59.8 Å². The second-order valence-electron chi connectivity index (χ2n) is 12.6. The van der Waals surface area contributed by atoms with E-state index in [4.69, 9.17) is 0 Å². The van der Waals surface area contributed by atoms with Crippen LogP contribution in [-0.2, 0) is 0 Å². The minimum atomic E-state index is -0.242. The van der Waals surface area contributed by atoms with Crippen LogP contribution in [0.5, 0.6) is 0 Å². The maximum atomic E-state index is 13.6. The van der Waals surface area contributed by atoms with E-state index >= 15 is 0 Å². The van der Waals surface area contributed by atoms with Gasteiger partial charge in [0.05, 0.1) is 10.8 Å². The molecule has 2 unspecified atom stereocenters. The average Bonchev–Trinajstić information content (AvgIpc) is 3.54. The lowest BCUT2D eigenvalue weighted by molar-refractivity contribution is 0.203. The Kier molecular flexibility index (Phi) is 8.30. The third-order valence-electron chi connectivity index (χ3n) is 9.97. The average molecular weight is 667 g/mol. The fourth-order valence-corrected chi connectivity index (χ4v) is 9.14. The topological polar surface area (TPSA) is 98.5 Å². The number of fused-ring (bicyclic) bond motifs is 3. The second kappa shape index (κ2) is 12.9. The van der Waals surface area contributed by atoms with Crippen molar-refractivity contribution in [1.82, 2.24) is 19.9 Å². The molecule has 2 N–H and O–H groups in total. The van der Waals surface area contributed by atoms with E-state index in [2.05, 4.69) is 59.4 Å². The van der Waals surface area contributed by atoms with Gasteiger partial charge in [0, 0.05) is 61.3 Å². The molecule has 9 rings (SSSR count). The zero-order valence-electron chi connectivity index (χ0n) is 25.7. The molecule has 2 aromatic carbocycles. The maximum absolute atomic E-state index is 13.6. The highest BCUT2D eigenvalue weighted by Gasteiger charge is 2.55. The molecule has 2 atom stereocenters. The van der Waals surface area contributed by atoms with Gasteiger partial charge in [-0.25, -0.2) is 24.3 Å². The van der Waals surface area contributed by atoms with E-state index < -0.39 is 0 Å². The summed E-state index contributed by atoms with van der Waals surface area (Å²) in [5.41, 5.74) is 4.27. The van der Waals surface area contributed by atoms with Gasteiger partial charge in [0.2, 0.25) is 0 Å². The number of rotatable bonds is 6. The summed E-state index contributed by atoms with van der Waals surface area (Å²) < 4.78 is 13.6. The van der Waals surface area contributed by atoms with Crippen LogP contribution in [0.2, 0.25) is 0 Å². The highest BCUT2D eigenvalue weighted by atomic mass is 32.1. The van der Waals surface area contributed by atoms with Crippen LogP contribution in [0, 0.1) is 29.5 Å². The zero-order chi connectivity index (χ0) is 31.9. The van der Waals surface area contributed by atoms with E-state index in [1.165, 1.54) is 22.6 Å². The number of hydrogen-bond donors (Lipinski definition) is 2. The van der Waals surface area contributed by atoms with Gasteiger partial charge in [0.25, 0.3) is 0 Å². The van der Waals surface area contributed by atoms with E-state index in [1.54, 1.807) is 47.5 Å². The molecule has 0 spiro atoms. The molecule has 4 aromatic heterocycles. The summed E-state index contributed by atoms with van der Waals surface area (Å²) in [7, 11) is 0. The molecule has 3 fully saturated rings. The Balaban J connectivity index is 0.000000138. The van der Waals surface area contributed by atoms with Crippen molar-refractivity contribution in [2.45, 2.75) is 12.8 Å². The summed E-state index contributed by atoms with van der Waals surface area (Å²) >= 11 is 3.24. The molecule has 1 aliphatic carbocycles. The third kappa shape index (κ3) is 5.75. The molecule has 240 valence electrons. The molecule has 11 heteroatoms. The number of anilines is 2. The van der Waals surface area contributed by atoms with E-state index in [1.807, 2.05) is 17.5 Å².